The van der Waals surface area contributed by atoms with Crippen LogP contribution >= 0.6 is 0 Å². The molecule has 0 aliphatic heterocycles. The normalized spacial score (nSPS) is 9.25. The standard InChI is InChI=1S/C10H9NO4S/c12-7-8-1-3-9(4-2-8)10(13)11-5-6-16(14)15/h1-4,6-7H,5H2,(H,11,13). The van der Waals surface area contributed by atoms with Crippen molar-refractivity contribution in [2.45, 2.75) is 0 Å². The molecule has 0 atom stereocenters. The van der Waals surface area contributed by atoms with Crippen LogP contribution in [-0.2, 0) is 10.3 Å². The molecule has 1 aromatic rings. The third-order valence-electron chi connectivity index (χ3n) is 1.79. The van der Waals surface area contributed by atoms with Crippen molar-refractivity contribution in [2.24, 2.45) is 0 Å². The van der Waals surface area contributed by atoms with E-state index in [2.05, 4.69) is 5.32 Å². The zero-order valence-corrected chi connectivity index (χ0v) is 9.03. The molecule has 0 fully saturated rings. The summed E-state index contributed by atoms with van der Waals surface area (Å²) < 4.78 is 20.3. The highest BCUT2D eigenvalue weighted by atomic mass is 32.2. The first kappa shape index (κ1) is 12.1. The molecule has 5 nitrogen and oxygen atoms in total. The summed E-state index contributed by atoms with van der Waals surface area (Å²) in [6.45, 7) is -0.0512. The van der Waals surface area contributed by atoms with Crippen molar-refractivity contribution in [3.63, 3.8) is 0 Å². The van der Waals surface area contributed by atoms with Crippen LogP contribution in [0.5, 0.6) is 0 Å². The van der Waals surface area contributed by atoms with Crippen LogP contribution in [0.15, 0.2) is 24.3 Å². The molecule has 6 heteroatoms. The Kier molecular flexibility index (Phi) is 4.41. The molecule has 0 bridgehead atoms. The molecule has 84 valence electrons. The summed E-state index contributed by atoms with van der Waals surface area (Å²) in [5, 5.41) is 3.33. The highest BCUT2D eigenvalue weighted by molar-refractivity contribution is 7.71. The Balaban J connectivity index is 2.66. The summed E-state index contributed by atoms with van der Waals surface area (Å²) in [4.78, 5) is 21.8. The first-order valence-electron chi connectivity index (χ1n) is 4.38. The molecule has 1 N–H and O–H groups in total. The molecule has 1 amide bonds. The van der Waals surface area contributed by atoms with Crippen molar-refractivity contribution in [1.82, 2.24) is 5.32 Å². The number of benzene rings is 1. The van der Waals surface area contributed by atoms with Crippen molar-refractivity contribution < 1.29 is 18.0 Å². The van der Waals surface area contributed by atoms with E-state index in [0.717, 1.165) is 5.37 Å². The van der Waals surface area contributed by atoms with Crippen molar-refractivity contribution in [3.05, 3.63) is 35.4 Å². The lowest BCUT2D eigenvalue weighted by Crippen LogP contribution is -2.25. The lowest BCUT2D eigenvalue weighted by molar-refractivity contribution is 0.0959. The van der Waals surface area contributed by atoms with Gasteiger partial charge >= 0.3 is 0 Å². The van der Waals surface area contributed by atoms with Crippen LogP contribution in [0.2, 0.25) is 0 Å². The Morgan fingerprint density at radius 1 is 1.25 bits per heavy atom. The van der Waals surface area contributed by atoms with E-state index in [0.29, 0.717) is 17.4 Å². The third-order valence-corrected chi connectivity index (χ3v) is 2.23. The number of rotatable bonds is 4. The van der Waals surface area contributed by atoms with Gasteiger partial charge in [0, 0.05) is 11.1 Å². The average molecular weight is 239 g/mol. The second kappa shape index (κ2) is 5.82. The summed E-state index contributed by atoms with van der Waals surface area (Å²) in [5.74, 6) is -0.390. The van der Waals surface area contributed by atoms with E-state index in [1.54, 1.807) is 0 Å². The molecule has 0 heterocycles. The molecule has 16 heavy (non-hydrogen) atoms. The number of carbonyl (C=O) groups is 2. The van der Waals surface area contributed by atoms with Crippen LogP contribution in [0, 0.1) is 0 Å². The molecule has 0 radical (unpaired) electrons. The van der Waals surface area contributed by atoms with Crippen LogP contribution in [0.3, 0.4) is 0 Å². The van der Waals surface area contributed by atoms with Crippen LogP contribution in [0.4, 0.5) is 0 Å². The van der Waals surface area contributed by atoms with E-state index in [1.807, 2.05) is 0 Å². The molecular weight excluding hydrogens is 230 g/mol. The highest BCUT2D eigenvalue weighted by Gasteiger charge is 2.03. The van der Waals surface area contributed by atoms with Gasteiger partial charge in [0.2, 0.25) is 10.3 Å². The molecule has 0 unspecified atom stereocenters. The molecule has 1 aromatic carbocycles. The third kappa shape index (κ3) is 3.66. The number of hydrogen-bond donors (Lipinski definition) is 1. The monoisotopic (exact) mass is 239 g/mol. The van der Waals surface area contributed by atoms with Gasteiger partial charge in [0.15, 0.2) is 0 Å². The van der Waals surface area contributed by atoms with Crippen LogP contribution in [0.1, 0.15) is 20.7 Å². The fourth-order valence-electron chi connectivity index (χ4n) is 1.02. The van der Waals surface area contributed by atoms with E-state index in [1.165, 1.54) is 24.3 Å². The summed E-state index contributed by atoms with van der Waals surface area (Å²) in [7, 11) is -2.28. The minimum Gasteiger partial charge on any atom is -0.348 e. The van der Waals surface area contributed by atoms with Gasteiger partial charge < -0.3 is 5.32 Å². The Morgan fingerprint density at radius 2 is 1.88 bits per heavy atom. The van der Waals surface area contributed by atoms with Gasteiger partial charge in [0.1, 0.15) is 6.29 Å². The van der Waals surface area contributed by atoms with Gasteiger partial charge in [0.05, 0.1) is 11.9 Å². The Bertz CT molecular complexity index is 508. The fourth-order valence-corrected chi connectivity index (χ4v) is 1.24. The van der Waals surface area contributed by atoms with Crippen molar-refractivity contribution >= 4 is 27.9 Å². The second-order valence-electron chi connectivity index (χ2n) is 2.88. The van der Waals surface area contributed by atoms with Gasteiger partial charge in [-0.25, -0.2) is 0 Å². The summed E-state index contributed by atoms with van der Waals surface area (Å²) >= 11 is 0. The van der Waals surface area contributed by atoms with Crippen LogP contribution in [-0.4, -0.2) is 32.5 Å². The minimum absolute atomic E-state index is 0.0512. The maximum absolute atomic E-state index is 11.4. The molecule has 0 aromatic heterocycles. The molecular formula is C10H9NO4S. The zero-order valence-electron chi connectivity index (χ0n) is 8.21. The second-order valence-corrected chi connectivity index (χ2v) is 3.73. The lowest BCUT2D eigenvalue weighted by atomic mass is 10.1. The fraction of sp³-hybridized carbons (Fsp3) is 0.100. The first-order chi connectivity index (χ1) is 7.63. The van der Waals surface area contributed by atoms with E-state index < -0.39 is 10.3 Å². The van der Waals surface area contributed by atoms with E-state index >= 15 is 0 Å². The number of amides is 1. The zero-order chi connectivity index (χ0) is 12.0. The minimum atomic E-state index is -2.28. The predicted octanol–water partition coefficient (Wildman–Crippen LogP) is -0.0898. The Hall–Kier alpha value is -1.95. The molecule has 1 rings (SSSR count). The number of aldehydes is 1. The molecule has 0 saturated carbocycles. The van der Waals surface area contributed by atoms with Crippen molar-refractivity contribution in [2.75, 3.05) is 6.54 Å². The molecule has 0 spiro atoms. The van der Waals surface area contributed by atoms with Crippen LogP contribution in [0.25, 0.3) is 0 Å². The maximum Gasteiger partial charge on any atom is 0.251 e. The molecule has 0 aliphatic rings. The van der Waals surface area contributed by atoms with Gasteiger partial charge in [-0.15, -0.1) is 0 Å². The quantitative estimate of drug-likeness (QED) is 0.588. The summed E-state index contributed by atoms with van der Waals surface area (Å²) in [6.07, 6.45) is 0.677. The lowest BCUT2D eigenvalue weighted by Gasteiger charge is -2.01. The summed E-state index contributed by atoms with van der Waals surface area (Å²) in [6, 6.07) is 6.01. The number of hydrogen-bond acceptors (Lipinski definition) is 4. The smallest absolute Gasteiger partial charge is 0.251 e. The molecule has 0 aliphatic carbocycles. The highest BCUT2D eigenvalue weighted by Crippen LogP contribution is 2.01. The predicted molar refractivity (Wildman–Crippen MR) is 59.1 cm³/mol. The largest absolute Gasteiger partial charge is 0.348 e. The molecule has 0 saturated heterocycles. The Morgan fingerprint density at radius 3 is 2.38 bits per heavy atom. The van der Waals surface area contributed by atoms with Gasteiger partial charge in [-0.05, 0) is 12.1 Å². The van der Waals surface area contributed by atoms with Crippen molar-refractivity contribution in [1.29, 1.82) is 0 Å². The number of nitrogens with one attached hydrogen (secondary N) is 1. The number of carbonyl (C=O) groups excluding carboxylic acids is 2. The van der Waals surface area contributed by atoms with Gasteiger partial charge in [-0.3, -0.25) is 9.59 Å². The van der Waals surface area contributed by atoms with Crippen LogP contribution < -0.4 is 5.32 Å². The average Bonchev–Trinajstić information content (AvgIpc) is 2.28. The van der Waals surface area contributed by atoms with Gasteiger partial charge in [-0.1, -0.05) is 12.1 Å². The Labute approximate surface area is 93.6 Å². The van der Waals surface area contributed by atoms with Gasteiger partial charge in [-0.2, -0.15) is 8.42 Å². The topological polar surface area (TPSA) is 80.3 Å². The van der Waals surface area contributed by atoms with E-state index in [9.17, 15) is 18.0 Å². The van der Waals surface area contributed by atoms with Gasteiger partial charge in [0.25, 0.3) is 5.91 Å². The SMILES string of the molecule is O=Cc1ccc(C(=O)NCC=S(=O)=O)cc1. The van der Waals surface area contributed by atoms with E-state index in [-0.39, 0.29) is 12.5 Å². The summed E-state index contributed by atoms with van der Waals surface area (Å²) in [5.41, 5.74) is 0.847. The first-order valence-corrected chi connectivity index (χ1v) is 5.52. The van der Waals surface area contributed by atoms with E-state index in [4.69, 9.17) is 0 Å². The van der Waals surface area contributed by atoms with Crippen molar-refractivity contribution in [3.8, 4) is 0 Å². The maximum atomic E-state index is 11.4.